The average molecular weight is 362 g/mol. The average Bonchev–Trinajstić information content (AvgIpc) is 2.94. The van der Waals surface area contributed by atoms with Gasteiger partial charge in [0.2, 0.25) is 5.91 Å². The maximum atomic E-state index is 13.0. The molecule has 0 aromatic heterocycles. The van der Waals surface area contributed by atoms with Gasteiger partial charge in [0.1, 0.15) is 11.9 Å². The molecule has 1 saturated heterocycles. The number of sulfone groups is 1. The van der Waals surface area contributed by atoms with Crippen LogP contribution in [0.15, 0.2) is 54.6 Å². The van der Waals surface area contributed by atoms with E-state index in [4.69, 9.17) is 0 Å². The first-order valence-corrected chi connectivity index (χ1v) is 9.83. The smallest absolute Gasteiger partial charge is 0.246 e. The van der Waals surface area contributed by atoms with Gasteiger partial charge in [-0.05, 0) is 36.2 Å². The van der Waals surface area contributed by atoms with Crippen LogP contribution >= 0.6 is 0 Å². The van der Waals surface area contributed by atoms with E-state index in [1.54, 1.807) is 0 Å². The summed E-state index contributed by atoms with van der Waals surface area (Å²) >= 11 is 0. The third kappa shape index (κ3) is 4.64. The zero-order valence-corrected chi connectivity index (χ0v) is 14.3. The van der Waals surface area contributed by atoms with Crippen molar-refractivity contribution in [2.24, 2.45) is 0 Å². The first-order chi connectivity index (χ1) is 11.9. The highest BCUT2D eigenvalue weighted by Gasteiger charge is 2.32. The van der Waals surface area contributed by atoms with Gasteiger partial charge < -0.3 is 5.32 Å². The number of carbonyl (C=O) groups is 1. The van der Waals surface area contributed by atoms with Crippen LogP contribution in [0, 0.1) is 5.82 Å². The minimum absolute atomic E-state index is 0.0279. The molecular formula is C18H19FN2O3S. The molecule has 0 spiro atoms. The van der Waals surface area contributed by atoms with Crippen LogP contribution in [-0.4, -0.2) is 31.9 Å². The molecule has 2 aromatic carbocycles. The van der Waals surface area contributed by atoms with Gasteiger partial charge in [-0.1, -0.05) is 30.3 Å². The topological polar surface area (TPSA) is 75.3 Å². The van der Waals surface area contributed by atoms with Crippen molar-refractivity contribution < 1.29 is 17.6 Å². The summed E-state index contributed by atoms with van der Waals surface area (Å²) in [5.41, 5.74) is 1.22. The fraction of sp³-hybridized carbons (Fsp3) is 0.278. The second kappa shape index (κ2) is 7.33. The monoisotopic (exact) mass is 362 g/mol. The maximum absolute atomic E-state index is 13.0. The van der Waals surface area contributed by atoms with Gasteiger partial charge in [0.05, 0.1) is 11.5 Å². The van der Waals surface area contributed by atoms with Gasteiger partial charge in [-0.15, -0.1) is 0 Å². The van der Waals surface area contributed by atoms with Crippen LogP contribution < -0.4 is 10.6 Å². The number of amides is 1. The Morgan fingerprint density at radius 1 is 1.08 bits per heavy atom. The van der Waals surface area contributed by atoms with Crippen LogP contribution in [0.5, 0.6) is 0 Å². The summed E-state index contributed by atoms with van der Waals surface area (Å²) in [5.74, 6) is -0.541. The normalized spacial score (nSPS) is 20.1. The first kappa shape index (κ1) is 17.6. The Balaban J connectivity index is 1.78. The Morgan fingerprint density at radius 3 is 2.36 bits per heavy atom. The van der Waals surface area contributed by atoms with Gasteiger partial charge in [-0.3, -0.25) is 10.1 Å². The van der Waals surface area contributed by atoms with Crippen molar-refractivity contribution in [3.8, 4) is 0 Å². The third-order valence-electron chi connectivity index (χ3n) is 4.14. The summed E-state index contributed by atoms with van der Waals surface area (Å²) in [5, 5.41) is 5.90. The zero-order chi connectivity index (χ0) is 17.9. The number of nitrogens with one attached hydrogen (secondary N) is 2. The molecule has 2 atom stereocenters. The summed E-state index contributed by atoms with van der Waals surface area (Å²) < 4.78 is 36.4. The van der Waals surface area contributed by atoms with Crippen LogP contribution in [0.4, 0.5) is 10.1 Å². The Bertz CT molecular complexity index is 838. The van der Waals surface area contributed by atoms with Gasteiger partial charge in [-0.2, -0.15) is 0 Å². The molecule has 25 heavy (non-hydrogen) atoms. The molecule has 0 aliphatic carbocycles. The molecule has 1 amide bonds. The molecule has 5 nitrogen and oxygen atoms in total. The second-order valence-corrected chi connectivity index (χ2v) is 8.34. The van der Waals surface area contributed by atoms with E-state index >= 15 is 0 Å². The minimum atomic E-state index is -3.05. The maximum Gasteiger partial charge on any atom is 0.246 e. The molecule has 1 aliphatic rings. The summed E-state index contributed by atoms with van der Waals surface area (Å²) in [4.78, 5) is 12.7. The van der Waals surface area contributed by atoms with E-state index in [0.29, 0.717) is 12.1 Å². The van der Waals surface area contributed by atoms with Gasteiger partial charge in [0.15, 0.2) is 9.84 Å². The van der Waals surface area contributed by atoms with Gasteiger partial charge in [0, 0.05) is 11.7 Å². The van der Waals surface area contributed by atoms with Gasteiger partial charge in [0.25, 0.3) is 0 Å². The van der Waals surface area contributed by atoms with Crippen molar-refractivity contribution in [1.82, 2.24) is 5.32 Å². The van der Waals surface area contributed by atoms with E-state index in [1.807, 2.05) is 30.3 Å². The van der Waals surface area contributed by atoms with E-state index < -0.39 is 15.9 Å². The number of rotatable bonds is 5. The first-order valence-electron chi connectivity index (χ1n) is 8.01. The lowest BCUT2D eigenvalue weighted by molar-refractivity contribution is -0.118. The standard InChI is InChI=1S/C18H19FN2O3S/c19-14-6-8-15(9-7-14)21-18(22)17(13-4-2-1-3-5-13)20-16-10-11-25(23,24)12-16/h1-9,16-17,20H,10-12H2,(H,21,22)/t16-,17-/m1/s1. The number of benzene rings is 2. The quantitative estimate of drug-likeness (QED) is 0.856. The highest BCUT2D eigenvalue weighted by molar-refractivity contribution is 7.91. The Hall–Kier alpha value is -2.25. The van der Waals surface area contributed by atoms with E-state index in [0.717, 1.165) is 5.56 Å². The van der Waals surface area contributed by atoms with Crippen LogP contribution in [0.1, 0.15) is 18.0 Å². The van der Waals surface area contributed by atoms with Gasteiger partial charge >= 0.3 is 0 Å². The molecule has 7 heteroatoms. The predicted octanol–water partition coefficient (Wildman–Crippen LogP) is 2.28. The van der Waals surface area contributed by atoms with E-state index in [2.05, 4.69) is 10.6 Å². The van der Waals surface area contributed by atoms with Crippen molar-refractivity contribution >= 4 is 21.4 Å². The summed E-state index contributed by atoms with van der Waals surface area (Å²) in [6, 6.07) is 13.6. The summed E-state index contributed by atoms with van der Waals surface area (Å²) in [6.07, 6.45) is 0.482. The van der Waals surface area contributed by atoms with Crippen molar-refractivity contribution in [2.45, 2.75) is 18.5 Å². The van der Waals surface area contributed by atoms with Crippen LogP contribution in [0.25, 0.3) is 0 Å². The lowest BCUT2D eigenvalue weighted by Gasteiger charge is -2.22. The lowest BCUT2D eigenvalue weighted by Crippen LogP contribution is -2.40. The fourth-order valence-electron chi connectivity index (χ4n) is 2.88. The Kier molecular flexibility index (Phi) is 5.15. The molecule has 3 rings (SSSR count). The molecule has 0 saturated carbocycles. The van der Waals surface area contributed by atoms with Gasteiger partial charge in [-0.25, -0.2) is 12.8 Å². The summed E-state index contributed by atoms with van der Waals surface area (Å²) in [7, 11) is -3.05. The van der Waals surface area contributed by atoms with Crippen molar-refractivity contribution in [2.75, 3.05) is 16.8 Å². The fourth-order valence-corrected chi connectivity index (χ4v) is 4.56. The molecule has 0 radical (unpaired) electrons. The SMILES string of the molecule is O=C(Nc1ccc(F)cc1)[C@H](N[C@@H]1CCS(=O)(=O)C1)c1ccccc1. The number of carbonyl (C=O) groups excluding carboxylic acids is 1. The van der Waals surface area contributed by atoms with E-state index in [1.165, 1.54) is 24.3 Å². The molecule has 0 unspecified atom stereocenters. The zero-order valence-electron chi connectivity index (χ0n) is 13.5. The summed E-state index contributed by atoms with van der Waals surface area (Å²) in [6.45, 7) is 0. The van der Waals surface area contributed by atoms with Crippen molar-refractivity contribution in [1.29, 1.82) is 0 Å². The number of hydrogen-bond acceptors (Lipinski definition) is 4. The predicted molar refractivity (Wildman–Crippen MR) is 94.4 cm³/mol. The number of anilines is 1. The molecule has 1 aliphatic heterocycles. The van der Waals surface area contributed by atoms with Crippen LogP contribution in [-0.2, 0) is 14.6 Å². The highest BCUT2D eigenvalue weighted by atomic mass is 32.2. The lowest BCUT2D eigenvalue weighted by atomic mass is 10.0. The largest absolute Gasteiger partial charge is 0.324 e. The van der Waals surface area contributed by atoms with E-state index in [9.17, 15) is 17.6 Å². The number of hydrogen-bond donors (Lipinski definition) is 2. The molecule has 2 aromatic rings. The van der Waals surface area contributed by atoms with Crippen molar-refractivity contribution in [3.63, 3.8) is 0 Å². The second-order valence-electron chi connectivity index (χ2n) is 6.11. The molecule has 132 valence electrons. The number of halogens is 1. The molecule has 1 heterocycles. The highest BCUT2D eigenvalue weighted by Crippen LogP contribution is 2.20. The van der Waals surface area contributed by atoms with Crippen LogP contribution in [0.3, 0.4) is 0 Å². The minimum Gasteiger partial charge on any atom is -0.324 e. The molecule has 0 bridgehead atoms. The van der Waals surface area contributed by atoms with E-state index in [-0.39, 0.29) is 29.3 Å². The Labute approximate surface area is 146 Å². The van der Waals surface area contributed by atoms with Crippen LogP contribution in [0.2, 0.25) is 0 Å². The Morgan fingerprint density at radius 2 is 1.76 bits per heavy atom. The van der Waals surface area contributed by atoms with Crippen molar-refractivity contribution in [3.05, 3.63) is 66.0 Å². The molecule has 2 N–H and O–H groups in total. The third-order valence-corrected chi connectivity index (χ3v) is 5.91. The molecule has 1 fully saturated rings. The molecular weight excluding hydrogens is 343 g/mol.